The van der Waals surface area contributed by atoms with Crippen LogP contribution in [0.1, 0.15) is 13.3 Å². The summed E-state index contributed by atoms with van der Waals surface area (Å²) in [6.45, 7) is 3.77. The summed E-state index contributed by atoms with van der Waals surface area (Å²) >= 11 is 0. The fourth-order valence-electron chi connectivity index (χ4n) is 0.765. The van der Waals surface area contributed by atoms with Crippen molar-refractivity contribution in [2.45, 2.75) is 13.3 Å². The van der Waals surface area contributed by atoms with Crippen LogP contribution >= 0.6 is 0 Å². The van der Waals surface area contributed by atoms with Crippen molar-refractivity contribution in [2.24, 2.45) is 0 Å². The van der Waals surface area contributed by atoms with Gasteiger partial charge in [0.2, 0.25) is 0 Å². The van der Waals surface area contributed by atoms with E-state index in [1.165, 1.54) is 0 Å². The van der Waals surface area contributed by atoms with Crippen LogP contribution in [0, 0.1) is 0 Å². The van der Waals surface area contributed by atoms with Gasteiger partial charge in [-0.2, -0.15) is 0 Å². The molecule has 3 nitrogen and oxygen atoms in total. The molecular formula is C9H18N2O. The van der Waals surface area contributed by atoms with Crippen LogP contribution in [0.2, 0.25) is 0 Å². The van der Waals surface area contributed by atoms with Gasteiger partial charge >= 0.3 is 0 Å². The molecule has 12 heavy (non-hydrogen) atoms. The minimum Gasteiger partial charge on any atom is -0.391 e. The number of hydrogen-bond donors (Lipinski definition) is 1. The highest BCUT2D eigenvalue weighted by Gasteiger charge is 1.88. The number of carbonyl (C=O) groups is 1. The highest BCUT2D eigenvalue weighted by Crippen LogP contribution is 1.84. The van der Waals surface area contributed by atoms with Crippen LogP contribution in [0.15, 0.2) is 11.8 Å². The van der Waals surface area contributed by atoms with E-state index in [4.69, 9.17) is 0 Å². The van der Waals surface area contributed by atoms with E-state index in [2.05, 4.69) is 10.2 Å². The second kappa shape index (κ2) is 6.85. The molecule has 0 aliphatic carbocycles. The molecule has 0 saturated carbocycles. The molecule has 0 atom stereocenters. The highest BCUT2D eigenvalue weighted by atomic mass is 16.1. The van der Waals surface area contributed by atoms with Crippen molar-refractivity contribution in [3.63, 3.8) is 0 Å². The van der Waals surface area contributed by atoms with E-state index in [9.17, 15) is 4.79 Å². The van der Waals surface area contributed by atoms with E-state index >= 15 is 0 Å². The lowest BCUT2D eigenvalue weighted by Crippen LogP contribution is -2.18. The quantitative estimate of drug-likeness (QED) is 0.360. The molecule has 0 bridgehead atoms. The Morgan fingerprint density at radius 3 is 2.67 bits per heavy atom. The summed E-state index contributed by atoms with van der Waals surface area (Å²) in [4.78, 5) is 12.3. The summed E-state index contributed by atoms with van der Waals surface area (Å²) in [5.41, 5.74) is 0.736. The number of hydrogen-bond acceptors (Lipinski definition) is 3. The third-order valence-corrected chi connectivity index (χ3v) is 1.44. The molecule has 70 valence electrons. The molecule has 0 fully saturated rings. The van der Waals surface area contributed by atoms with E-state index < -0.39 is 0 Å². The van der Waals surface area contributed by atoms with Gasteiger partial charge in [-0.25, -0.2) is 0 Å². The van der Waals surface area contributed by atoms with Gasteiger partial charge in [0.05, 0.1) is 0 Å². The van der Waals surface area contributed by atoms with Gasteiger partial charge in [0.15, 0.2) is 0 Å². The zero-order chi connectivity index (χ0) is 9.40. The molecule has 0 aliphatic heterocycles. The molecule has 0 amide bonds. The second-order valence-electron chi connectivity index (χ2n) is 3.12. The minimum atomic E-state index is 0.736. The lowest BCUT2D eigenvalue weighted by atomic mass is 10.3. The van der Waals surface area contributed by atoms with Crippen molar-refractivity contribution in [1.82, 2.24) is 10.2 Å². The lowest BCUT2D eigenvalue weighted by Gasteiger charge is -2.08. The molecule has 0 aromatic carbocycles. The molecule has 0 rings (SSSR count). The Morgan fingerprint density at radius 1 is 1.50 bits per heavy atom. The Kier molecular flexibility index (Phi) is 6.38. The topological polar surface area (TPSA) is 32.3 Å². The molecule has 1 N–H and O–H groups in total. The average molecular weight is 170 g/mol. The van der Waals surface area contributed by atoms with Gasteiger partial charge in [0.25, 0.3) is 0 Å². The first-order valence-electron chi connectivity index (χ1n) is 4.17. The number of rotatable bonds is 6. The van der Waals surface area contributed by atoms with Crippen LogP contribution < -0.4 is 5.32 Å². The van der Waals surface area contributed by atoms with E-state index in [1.807, 2.05) is 14.1 Å². The summed E-state index contributed by atoms with van der Waals surface area (Å²) in [5, 5.41) is 3.07. The molecule has 0 aromatic rings. The van der Waals surface area contributed by atoms with E-state index in [0.717, 1.165) is 31.4 Å². The summed E-state index contributed by atoms with van der Waals surface area (Å²) in [5.74, 6) is 0. The van der Waals surface area contributed by atoms with Gasteiger partial charge in [-0.05, 0) is 34.0 Å². The molecule has 0 heterocycles. The predicted octanol–water partition coefficient (Wildman–Crippen LogP) is 0.630. The SMILES string of the molecule is CC(C=O)=CNCCCN(C)C. The molecule has 3 heteroatoms. The van der Waals surface area contributed by atoms with Gasteiger partial charge in [0.1, 0.15) is 6.29 Å². The van der Waals surface area contributed by atoms with Crippen molar-refractivity contribution >= 4 is 6.29 Å². The van der Waals surface area contributed by atoms with E-state index in [-0.39, 0.29) is 0 Å². The van der Waals surface area contributed by atoms with Crippen LogP contribution in [0.5, 0.6) is 0 Å². The zero-order valence-electron chi connectivity index (χ0n) is 8.13. The van der Waals surface area contributed by atoms with Gasteiger partial charge in [-0.3, -0.25) is 4.79 Å². The maximum atomic E-state index is 10.2. The van der Waals surface area contributed by atoms with Crippen molar-refractivity contribution < 1.29 is 4.79 Å². The molecule has 0 saturated heterocycles. The summed E-state index contributed by atoms with van der Waals surface area (Å²) in [7, 11) is 4.10. The van der Waals surface area contributed by atoms with E-state index in [1.54, 1.807) is 13.1 Å². The molecule has 0 spiro atoms. The molecule has 0 aliphatic rings. The lowest BCUT2D eigenvalue weighted by molar-refractivity contribution is -0.104. The van der Waals surface area contributed by atoms with Crippen molar-refractivity contribution in [2.75, 3.05) is 27.2 Å². The van der Waals surface area contributed by atoms with Gasteiger partial charge in [-0.15, -0.1) is 0 Å². The first-order chi connectivity index (χ1) is 5.66. The monoisotopic (exact) mass is 170 g/mol. The fraction of sp³-hybridized carbons (Fsp3) is 0.667. The molecule has 0 radical (unpaired) electrons. The van der Waals surface area contributed by atoms with Crippen LogP contribution in [0.3, 0.4) is 0 Å². The standard InChI is InChI=1S/C9H18N2O/c1-9(8-12)7-10-5-4-6-11(2)3/h7-8,10H,4-6H2,1-3H3. The van der Waals surface area contributed by atoms with Gasteiger partial charge in [-0.1, -0.05) is 0 Å². The number of aldehydes is 1. The third kappa shape index (κ3) is 7.28. The fourth-order valence-corrected chi connectivity index (χ4v) is 0.765. The number of nitrogens with zero attached hydrogens (tertiary/aromatic N) is 1. The zero-order valence-corrected chi connectivity index (χ0v) is 8.13. The van der Waals surface area contributed by atoms with Crippen molar-refractivity contribution in [3.8, 4) is 0 Å². The largest absolute Gasteiger partial charge is 0.391 e. The minimum absolute atomic E-state index is 0.736. The molecule has 0 aromatic heterocycles. The first-order valence-corrected chi connectivity index (χ1v) is 4.17. The maximum Gasteiger partial charge on any atom is 0.147 e. The average Bonchev–Trinajstić information content (AvgIpc) is 2.03. The molecule has 0 unspecified atom stereocenters. The first kappa shape index (κ1) is 11.2. The smallest absolute Gasteiger partial charge is 0.147 e. The Balaban J connectivity index is 3.27. The summed E-state index contributed by atoms with van der Waals surface area (Å²) in [6, 6.07) is 0. The summed E-state index contributed by atoms with van der Waals surface area (Å²) in [6.07, 6.45) is 3.69. The number of nitrogens with one attached hydrogen (secondary N) is 1. The van der Waals surface area contributed by atoms with Gasteiger partial charge in [0, 0.05) is 18.3 Å². The van der Waals surface area contributed by atoms with Crippen molar-refractivity contribution in [3.05, 3.63) is 11.8 Å². The van der Waals surface area contributed by atoms with E-state index in [0.29, 0.717) is 0 Å². The predicted molar refractivity (Wildman–Crippen MR) is 51.0 cm³/mol. The van der Waals surface area contributed by atoms with Crippen LogP contribution in [0.4, 0.5) is 0 Å². The summed E-state index contributed by atoms with van der Waals surface area (Å²) < 4.78 is 0. The third-order valence-electron chi connectivity index (χ3n) is 1.44. The van der Waals surface area contributed by atoms with Crippen LogP contribution in [0.25, 0.3) is 0 Å². The maximum absolute atomic E-state index is 10.2. The second-order valence-corrected chi connectivity index (χ2v) is 3.12. The van der Waals surface area contributed by atoms with Crippen molar-refractivity contribution in [1.29, 1.82) is 0 Å². The van der Waals surface area contributed by atoms with Crippen LogP contribution in [-0.2, 0) is 4.79 Å². The normalized spacial score (nSPS) is 11.8. The highest BCUT2D eigenvalue weighted by molar-refractivity contribution is 5.71. The van der Waals surface area contributed by atoms with Gasteiger partial charge < -0.3 is 10.2 Å². The Labute approximate surface area is 74.4 Å². The number of allylic oxidation sites excluding steroid dienone is 1. The number of carbonyl (C=O) groups excluding carboxylic acids is 1. The Hall–Kier alpha value is -0.830. The molecular weight excluding hydrogens is 152 g/mol. The van der Waals surface area contributed by atoms with Crippen LogP contribution in [-0.4, -0.2) is 38.4 Å². The Bertz CT molecular complexity index is 153. The Morgan fingerprint density at radius 2 is 2.17 bits per heavy atom.